The molecule has 0 amide bonds. The van der Waals surface area contributed by atoms with Gasteiger partial charge in [0.2, 0.25) is 0 Å². The number of aromatic nitrogens is 3. The summed E-state index contributed by atoms with van der Waals surface area (Å²) in [5.41, 5.74) is 0.358. The first-order valence-electron chi connectivity index (χ1n) is 5.14. The maximum absolute atomic E-state index is 12.0. The van der Waals surface area contributed by atoms with Crippen LogP contribution in [-0.2, 0) is 6.54 Å². The summed E-state index contributed by atoms with van der Waals surface area (Å²) >= 11 is 0. The van der Waals surface area contributed by atoms with Crippen LogP contribution in [0, 0.1) is 0 Å². The Hall–Kier alpha value is -1.46. The van der Waals surface area contributed by atoms with E-state index in [1.165, 1.54) is 4.68 Å². The van der Waals surface area contributed by atoms with Crippen LogP contribution in [0.25, 0.3) is 10.9 Å². The lowest BCUT2D eigenvalue weighted by Gasteiger charge is -2.10. The van der Waals surface area contributed by atoms with Gasteiger partial charge in [-0.05, 0) is 26.2 Å². The van der Waals surface area contributed by atoms with Gasteiger partial charge in [0.15, 0.2) is 0 Å². The Balaban J connectivity index is 0.00000144. The zero-order chi connectivity index (χ0) is 11.5. The number of halogens is 1. The molecule has 0 atom stereocenters. The van der Waals surface area contributed by atoms with Crippen LogP contribution in [0.2, 0.25) is 0 Å². The third-order valence-corrected chi connectivity index (χ3v) is 2.37. The van der Waals surface area contributed by atoms with Gasteiger partial charge in [0.1, 0.15) is 5.52 Å². The Morgan fingerprint density at radius 1 is 1.41 bits per heavy atom. The molecule has 2 aromatic rings. The van der Waals surface area contributed by atoms with Crippen LogP contribution in [0.15, 0.2) is 29.3 Å². The number of fused-ring (bicyclic) bond motifs is 1. The van der Waals surface area contributed by atoms with E-state index < -0.39 is 0 Å². The third kappa shape index (κ3) is 3.01. The van der Waals surface area contributed by atoms with Gasteiger partial charge in [0.25, 0.3) is 5.56 Å². The quantitative estimate of drug-likeness (QED) is 0.812. The molecule has 0 aliphatic carbocycles. The summed E-state index contributed by atoms with van der Waals surface area (Å²) in [6, 6.07) is 3.64. The van der Waals surface area contributed by atoms with Crippen LogP contribution in [0.1, 0.15) is 0 Å². The Labute approximate surface area is 105 Å². The molecule has 0 unspecified atom stereocenters. The van der Waals surface area contributed by atoms with E-state index in [0.29, 0.717) is 12.1 Å². The highest BCUT2D eigenvalue weighted by Gasteiger charge is 2.04. The molecule has 6 heteroatoms. The predicted molar refractivity (Wildman–Crippen MR) is 69.6 cm³/mol. The molecule has 0 saturated heterocycles. The lowest BCUT2D eigenvalue weighted by molar-refractivity contribution is 0.368. The van der Waals surface area contributed by atoms with Crippen molar-refractivity contribution in [3.05, 3.63) is 34.9 Å². The number of hydrogen-bond donors (Lipinski definition) is 0. The van der Waals surface area contributed by atoms with Crippen LogP contribution in [-0.4, -0.2) is 40.3 Å². The fraction of sp³-hybridized carbons (Fsp3) is 0.364. The molecular formula is C11H15ClN4O. The standard InChI is InChI=1S/C11H14N4O.ClH/c1-14(2)6-7-15-11(16)10-9(8-13-15)4-3-5-12-10;/h3-5,8H,6-7H2,1-2H3;1H. The van der Waals surface area contributed by atoms with Crippen LogP contribution in [0.4, 0.5) is 0 Å². The Morgan fingerprint density at radius 3 is 2.88 bits per heavy atom. The van der Waals surface area contributed by atoms with Crippen molar-refractivity contribution in [2.75, 3.05) is 20.6 Å². The highest BCUT2D eigenvalue weighted by Crippen LogP contribution is 2.02. The lowest BCUT2D eigenvalue weighted by Crippen LogP contribution is -2.28. The number of nitrogens with zero attached hydrogens (tertiary/aromatic N) is 4. The fourth-order valence-electron chi connectivity index (χ4n) is 1.46. The fourth-order valence-corrected chi connectivity index (χ4v) is 1.46. The summed E-state index contributed by atoms with van der Waals surface area (Å²) in [7, 11) is 3.93. The van der Waals surface area contributed by atoms with E-state index in [2.05, 4.69) is 10.1 Å². The number of pyridine rings is 1. The smallest absolute Gasteiger partial charge is 0.293 e. The van der Waals surface area contributed by atoms with E-state index in [0.717, 1.165) is 11.9 Å². The normalized spacial score (nSPS) is 10.5. The molecule has 0 N–H and O–H groups in total. The van der Waals surface area contributed by atoms with Gasteiger partial charge in [0.05, 0.1) is 12.7 Å². The van der Waals surface area contributed by atoms with E-state index >= 15 is 0 Å². The molecule has 5 nitrogen and oxygen atoms in total. The first-order valence-corrected chi connectivity index (χ1v) is 5.14. The van der Waals surface area contributed by atoms with Crippen LogP contribution in [0.3, 0.4) is 0 Å². The van der Waals surface area contributed by atoms with E-state index in [-0.39, 0.29) is 18.0 Å². The minimum atomic E-state index is -0.125. The Kier molecular flexibility index (Phi) is 4.60. The molecule has 2 heterocycles. The van der Waals surface area contributed by atoms with Crippen molar-refractivity contribution in [2.45, 2.75) is 6.54 Å². The van der Waals surface area contributed by atoms with E-state index in [1.54, 1.807) is 18.5 Å². The summed E-state index contributed by atoms with van der Waals surface area (Å²) in [6.07, 6.45) is 3.30. The van der Waals surface area contributed by atoms with Crippen LogP contribution >= 0.6 is 12.4 Å². The molecule has 0 aliphatic heterocycles. The van der Waals surface area contributed by atoms with Gasteiger partial charge in [-0.2, -0.15) is 5.10 Å². The summed E-state index contributed by atoms with van der Waals surface area (Å²) < 4.78 is 1.45. The Morgan fingerprint density at radius 2 is 2.18 bits per heavy atom. The van der Waals surface area contributed by atoms with E-state index in [1.807, 2.05) is 25.1 Å². The molecule has 17 heavy (non-hydrogen) atoms. The van der Waals surface area contributed by atoms with Crippen LogP contribution < -0.4 is 5.56 Å². The first kappa shape index (κ1) is 13.6. The molecule has 0 spiro atoms. The second kappa shape index (κ2) is 5.75. The van der Waals surface area contributed by atoms with Crippen molar-refractivity contribution in [1.29, 1.82) is 0 Å². The average molecular weight is 255 g/mol. The van der Waals surface area contributed by atoms with Gasteiger partial charge in [-0.3, -0.25) is 9.78 Å². The van der Waals surface area contributed by atoms with Gasteiger partial charge in [-0.15, -0.1) is 12.4 Å². The second-order valence-corrected chi connectivity index (χ2v) is 3.92. The zero-order valence-corrected chi connectivity index (χ0v) is 10.6. The molecule has 0 radical (unpaired) electrons. The molecule has 0 bridgehead atoms. The minimum Gasteiger partial charge on any atom is -0.308 e. The average Bonchev–Trinajstić information content (AvgIpc) is 2.28. The highest BCUT2D eigenvalue weighted by molar-refractivity contribution is 5.85. The van der Waals surface area contributed by atoms with E-state index in [9.17, 15) is 4.79 Å². The third-order valence-electron chi connectivity index (χ3n) is 2.37. The van der Waals surface area contributed by atoms with Gasteiger partial charge < -0.3 is 4.90 Å². The molecule has 92 valence electrons. The molecule has 0 aliphatic rings. The molecule has 2 aromatic heterocycles. The number of hydrogen-bond acceptors (Lipinski definition) is 4. The molecule has 0 aromatic carbocycles. The maximum Gasteiger partial charge on any atom is 0.293 e. The SMILES string of the molecule is CN(C)CCn1ncc2cccnc2c1=O.Cl. The van der Waals surface area contributed by atoms with Crippen LogP contribution in [0.5, 0.6) is 0 Å². The second-order valence-electron chi connectivity index (χ2n) is 3.92. The van der Waals surface area contributed by atoms with Gasteiger partial charge in [-0.25, -0.2) is 4.68 Å². The van der Waals surface area contributed by atoms with Crippen molar-refractivity contribution in [1.82, 2.24) is 19.7 Å². The van der Waals surface area contributed by atoms with Crippen molar-refractivity contribution >= 4 is 23.3 Å². The van der Waals surface area contributed by atoms with Crippen molar-refractivity contribution < 1.29 is 0 Å². The first-order chi connectivity index (χ1) is 7.68. The van der Waals surface area contributed by atoms with Gasteiger partial charge >= 0.3 is 0 Å². The number of likely N-dealkylation sites (N-methyl/N-ethyl adjacent to an activating group) is 1. The molecule has 0 fully saturated rings. The molecular weight excluding hydrogens is 240 g/mol. The predicted octanol–water partition coefficient (Wildman–Crippen LogP) is 0.775. The summed E-state index contributed by atoms with van der Waals surface area (Å²) in [4.78, 5) is 18.1. The Bertz CT molecular complexity index is 552. The monoisotopic (exact) mass is 254 g/mol. The van der Waals surface area contributed by atoms with E-state index in [4.69, 9.17) is 0 Å². The topological polar surface area (TPSA) is 51.0 Å². The number of rotatable bonds is 3. The van der Waals surface area contributed by atoms with Crippen molar-refractivity contribution in [3.63, 3.8) is 0 Å². The van der Waals surface area contributed by atoms with Gasteiger partial charge in [0, 0.05) is 18.1 Å². The maximum atomic E-state index is 12.0. The van der Waals surface area contributed by atoms with Gasteiger partial charge in [-0.1, -0.05) is 0 Å². The summed E-state index contributed by atoms with van der Waals surface area (Å²) in [5, 5.41) is 4.90. The minimum absolute atomic E-state index is 0. The zero-order valence-electron chi connectivity index (χ0n) is 9.83. The van der Waals surface area contributed by atoms with Crippen molar-refractivity contribution in [2.24, 2.45) is 0 Å². The summed E-state index contributed by atoms with van der Waals surface area (Å²) in [6.45, 7) is 1.36. The molecule has 0 saturated carbocycles. The molecule has 2 rings (SSSR count). The highest BCUT2D eigenvalue weighted by atomic mass is 35.5. The summed E-state index contributed by atoms with van der Waals surface area (Å²) in [5.74, 6) is 0. The largest absolute Gasteiger partial charge is 0.308 e. The lowest BCUT2D eigenvalue weighted by atomic mass is 10.3. The van der Waals surface area contributed by atoms with Crippen molar-refractivity contribution in [3.8, 4) is 0 Å².